The number of allylic oxidation sites excluding steroid dienone is 3. The summed E-state index contributed by atoms with van der Waals surface area (Å²) >= 11 is 5.21. The van der Waals surface area contributed by atoms with Crippen LogP contribution in [0.25, 0.3) is 0 Å². The molecule has 0 bridgehead atoms. The van der Waals surface area contributed by atoms with E-state index in [1.165, 1.54) is 5.69 Å². The number of benzene rings is 1. The molecule has 0 spiro atoms. The Morgan fingerprint density at radius 3 is 2.88 bits per heavy atom. The number of aliphatic imine (C=N–C) groups is 2. The zero-order valence-electron chi connectivity index (χ0n) is 13.9. The highest BCUT2D eigenvalue weighted by molar-refractivity contribution is 7.80. The van der Waals surface area contributed by atoms with Crippen LogP contribution in [-0.4, -0.2) is 36.3 Å². The van der Waals surface area contributed by atoms with Crippen molar-refractivity contribution < 1.29 is 0 Å². The molecule has 1 heterocycles. The molecule has 3 rings (SSSR count). The summed E-state index contributed by atoms with van der Waals surface area (Å²) in [5, 5.41) is 3.64. The van der Waals surface area contributed by atoms with Crippen molar-refractivity contribution in [3.05, 3.63) is 54.6 Å². The van der Waals surface area contributed by atoms with Gasteiger partial charge in [-0.3, -0.25) is 4.99 Å². The van der Waals surface area contributed by atoms with Gasteiger partial charge in [-0.25, -0.2) is 4.99 Å². The first-order chi connectivity index (χ1) is 11.8. The highest BCUT2D eigenvalue weighted by atomic mass is 32.1. The van der Waals surface area contributed by atoms with E-state index >= 15 is 0 Å². The number of thiocarbonyl (C=S) groups is 1. The van der Waals surface area contributed by atoms with Crippen LogP contribution in [0.3, 0.4) is 0 Å². The Hall–Kier alpha value is -2.27. The minimum atomic E-state index is 0.109. The van der Waals surface area contributed by atoms with Crippen molar-refractivity contribution in [2.45, 2.75) is 13.3 Å². The van der Waals surface area contributed by atoms with E-state index in [-0.39, 0.29) is 5.92 Å². The van der Waals surface area contributed by atoms with Gasteiger partial charge in [0.25, 0.3) is 0 Å². The second-order valence-corrected chi connectivity index (χ2v) is 6.11. The number of hydrogen-bond acceptors (Lipinski definition) is 3. The molecule has 5 heteroatoms. The number of rotatable bonds is 6. The zero-order valence-corrected chi connectivity index (χ0v) is 14.7. The number of para-hydroxylation sites is 1. The van der Waals surface area contributed by atoms with Crippen LogP contribution in [-0.2, 0) is 0 Å². The average molecular weight is 338 g/mol. The number of hydrogen-bond donors (Lipinski definition) is 1. The molecule has 0 amide bonds. The third kappa shape index (κ3) is 3.97. The molecule has 1 unspecified atom stereocenters. The summed E-state index contributed by atoms with van der Waals surface area (Å²) in [5.41, 5.74) is 2.24. The molecular weight excluding hydrogens is 316 g/mol. The number of nitrogens with one attached hydrogen (secondary N) is 1. The standard InChI is InChI=1S/C19H22N4S/c1-2-23(15-9-4-3-5-10-15)14-8-13-20-18-16-11-6-7-12-17(16)21-19(24)22-18/h3-7,9-12,16H,2,8,13-14H2,1H3,(H,20,22,24). The molecule has 4 nitrogen and oxygen atoms in total. The van der Waals surface area contributed by atoms with E-state index in [4.69, 9.17) is 17.2 Å². The van der Waals surface area contributed by atoms with Crippen LogP contribution in [0.2, 0.25) is 0 Å². The lowest BCUT2D eigenvalue weighted by Gasteiger charge is -2.25. The zero-order chi connectivity index (χ0) is 16.8. The number of fused-ring (bicyclic) bond motifs is 1. The van der Waals surface area contributed by atoms with Crippen molar-refractivity contribution in [1.82, 2.24) is 5.32 Å². The van der Waals surface area contributed by atoms with Crippen LogP contribution < -0.4 is 10.2 Å². The molecular formula is C19H22N4S. The van der Waals surface area contributed by atoms with Crippen LogP contribution in [0.4, 0.5) is 5.69 Å². The second-order valence-electron chi connectivity index (χ2n) is 5.72. The van der Waals surface area contributed by atoms with Gasteiger partial charge in [-0.15, -0.1) is 0 Å². The molecule has 1 aliphatic heterocycles. The minimum Gasteiger partial charge on any atom is -0.372 e. The Morgan fingerprint density at radius 2 is 2.08 bits per heavy atom. The quantitative estimate of drug-likeness (QED) is 0.638. The third-order valence-electron chi connectivity index (χ3n) is 4.13. The smallest absolute Gasteiger partial charge is 0.198 e. The maximum absolute atomic E-state index is 5.21. The summed E-state index contributed by atoms with van der Waals surface area (Å²) in [6.45, 7) is 4.94. The molecule has 1 atom stereocenters. The summed E-state index contributed by atoms with van der Waals surface area (Å²) in [7, 11) is 0. The second kappa shape index (κ2) is 8.02. The van der Waals surface area contributed by atoms with E-state index in [1.807, 2.05) is 24.3 Å². The van der Waals surface area contributed by atoms with Crippen molar-refractivity contribution in [2.75, 3.05) is 24.5 Å². The average Bonchev–Trinajstić information content (AvgIpc) is 2.62. The first-order valence-electron chi connectivity index (χ1n) is 8.36. The molecule has 0 aromatic heterocycles. The predicted octanol–water partition coefficient (Wildman–Crippen LogP) is 3.37. The number of amidine groups is 1. The largest absolute Gasteiger partial charge is 0.372 e. The van der Waals surface area contributed by atoms with Gasteiger partial charge in [-0.2, -0.15) is 0 Å². The molecule has 1 aromatic carbocycles. The fourth-order valence-electron chi connectivity index (χ4n) is 2.91. The van der Waals surface area contributed by atoms with Gasteiger partial charge in [0.15, 0.2) is 5.11 Å². The topological polar surface area (TPSA) is 40.0 Å². The maximum atomic E-state index is 5.21. The molecule has 0 radical (unpaired) electrons. The van der Waals surface area contributed by atoms with E-state index in [0.29, 0.717) is 5.11 Å². The third-order valence-corrected chi connectivity index (χ3v) is 4.33. The summed E-state index contributed by atoms with van der Waals surface area (Å²) in [6, 6.07) is 10.5. The Bertz CT molecular complexity index is 703. The highest BCUT2D eigenvalue weighted by Gasteiger charge is 2.24. The molecule has 0 fully saturated rings. The van der Waals surface area contributed by atoms with E-state index < -0.39 is 0 Å². The van der Waals surface area contributed by atoms with E-state index in [2.05, 4.69) is 52.5 Å². The fourth-order valence-corrected chi connectivity index (χ4v) is 3.12. The van der Waals surface area contributed by atoms with Crippen molar-refractivity contribution in [3.63, 3.8) is 0 Å². The summed E-state index contributed by atoms with van der Waals surface area (Å²) in [5.74, 6) is 1.02. The summed E-state index contributed by atoms with van der Waals surface area (Å²) in [6.07, 6.45) is 9.12. The van der Waals surface area contributed by atoms with Gasteiger partial charge < -0.3 is 10.2 Å². The van der Waals surface area contributed by atoms with Gasteiger partial charge in [0.1, 0.15) is 5.84 Å². The minimum absolute atomic E-state index is 0.109. The molecule has 1 N–H and O–H groups in total. The van der Waals surface area contributed by atoms with E-state index in [0.717, 1.165) is 37.6 Å². The van der Waals surface area contributed by atoms with Gasteiger partial charge in [0.2, 0.25) is 0 Å². The number of anilines is 1. The van der Waals surface area contributed by atoms with E-state index in [9.17, 15) is 0 Å². The monoisotopic (exact) mass is 338 g/mol. The van der Waals surface area contributed by atoms with Gasteiger partial charge in [0, 0.05) is 25.3 Å². The van der Waals surface area contributed by atoms with Crippen LogP contribution in [0.1, 0.15) is 13.3 Å². The Balaban J connectivity index is 1.58. The van der Waals surface area contributed by atoms with E-state index in [1.54, 1.807) is 0 Å². The van der Waals surface area contributed by atoms with Crippen molar-refractivity contribution >= 4 is 34.6 Å². The van der Waals surface area contributed by atoms with Crippen molar-refractivity contribution in [2.24, 2.45) is 15.9 Å². The first kappa shape index (κ1) is 16.6. The van der Waals surface area contributed by atoms with Gasteiger partial charge in [0.05, 0.1) is 11.6 Å². The Morgan fingerprint density at radius 1 is 1.25 bits per heavy atom. The van der Waals surface area contributed by atoms with Gasteiger partial charge in [-0.1, -0.05) is 36.4 Å². The molecule has 1 aliphatic carbocycles. The van der Waals surface area contributed by atoms with Crippen LogP contribution in [0.5, 0.6) is 0 Å². The lowest BCUT2D eigenvalue weighted by molar-refractivity contribution is 0.752. The van der Waals surface area contributed by atoms with Crippen LogP contribution >= 0.6 is 12.2 Å². The first-order valence-corrected chi connectivity index (χ1v) is 8.77. The normalized spacial score (nSPS) is 20.5. The highest BCUT2D eigenvalue weighted by Crippen LogP contribution is 2.16. The fraction of sp³-hybridized carbons (Fsp3) is 0.316. The molecule has 1 aromatic rings. The Labute approximate surface area is 148 Å². The van der Waals surface area contributed by atoms with Crippen LogP contribution in [0, 0.1) is 5.92 Å². The summed E-state index contributed by atoms with van der Waals surface area (Å²) in [4.78, 5) is 11.5. The van der Waals surface area contributed by atoms with Crippen molar-refractivity contribution in [3.8, 4) is 0 Å². The molecule has 124 valence electrons. The lowest BCUT2D eigenvalue weighted by Crippen LogP contribution is -2.42. The molecule has 2 aliphatic rings. The molecule has 24 heavy (non-hydrogen) atoms. The van der Waals surface area contributed by atoms with Crippen molar-refractivity contribution in [1.29, 1.82) is 0 Å². The predicted molar refractivity (Wildman–Crippen MR) is 106 cm³/mol. The maximum Gasteiger partial charge on any atom is 0.198 e. The van der Waals surface area contributed by atoms with Crippen LogP contribution in [0.15, 0.2) is 64.6 Å². The lowest BCUT2D eigenvalue weighted by atomic mass is 9.96. The van der Waals surface area contributed by atoms with Gasteiger partial charge in [-0.05, 0) is 43.8 Å². The molecule has 0 saturated carbocycles. The SMILES string of the molecule is CCN(CCCN=C1NC(=S)N=C2C=CC=CC21)c1ccccc1. The Kier molecular flexibility index (Phi) is 5.54. The van der Waals surface area contributed by atoms with Gasteiger partial charge >= 0.3 is 0 Å². The summed E-state index contributed by atoms with van der Waals surface area (Å²) < 4.78 is 0. The molecule has 0 saturated heterocycles. The number of nitrogens with zero attached hydrogens (tertiary/aromatic N) is 3.